The number of hydrogen-bond donors (Lipinski definition) is 1. The maximum Gasteiger partial charge on any atom is 0.403 e. The maximum absolute atomic E-state index is 12.4. The molecule has 3 nitrogen and oxygen atoms in total. The van der Waals surface area contributed by atoms with Crippen molar-refractivity contribution in [2.75, 3.05) is 13.6 Å². The summed E-state index contributed by atoms with van der Waals surface area (Å²) in [6, 6.07) is 3.35. The normalized spacial score (nSPS) is 13.9. The van der Waals surface area contributed by atoms with Crippen molar-refractivity contribution in [1.29, 1.82) is 0 Å². The van der Waals surface area contributed by atoms with E-state index in [1.54, 1.807) is 12.1 Å². The van der Waals surface area contributed by atoms with Crippen LogP contribution in [0.5, 0.6) is 0 Å². The number of carboxylic acids is 1. The molecule has 0 aliphatic carbocycles. The first kappa shape index (κ1) is 15.3. The summed E-state index contributed by atoms with van der Waals surface area (Å²) in [5.41, 5.74) is 0. The molecule has 0 saturated heterocycles. The Morgan fingerprint density at radius 1 is 1.56 bits per heavy atom. The zero-order valence-corrected chi connectivity index (χ0v) is 10.9. The molecule has 1 rings (SSSR count). The number of aliphatic carboxylic acids is 1. The third-order valence-corrected chi connectivity index (χ3v) is 3.46. The Morgan fingerprint density at radius 3 is 2.56 bits per heavy atom. The van der Waals surface area contributed by atoms with E-state index in [2.05, 4.69) is 0 Å². The van der Waals surface area contributed by atoms with E-state index in [0.717, 1.165) is 4.88 Å². The monoisotopic (exact) mass is 301 g/mol. The van der Waals surface area contributed by atoms with Gasteiger partial charge in [-0.05, 0) is 19.2 Å². The van der Waals surface area contributed by atoms with Gasteiger partial charge in [0.05, 0.1) is 4.34 Å². The molecule has 1 atom stereocenters. The largest absolute Gasteiger partial charge is 0.481 e. The van der Waals surface area contributed by atoms with E-state index >= 15 is 0 Å². The van der Waals surface area contributed by atoms with Crippen molar-refractivity contribution in [2.24, 2.45) is 5.92 Å². The number of carbonyl (C=O) groups is 1. The molecule has 1 unspecified atom stereocenters. The minimum absolute atomic E-state index is 0.233. The molecular formula is C10H11ClF3NO2S. The molecule has 0 spiro atoms. The van der Waals surface area contributed by atoms with Crippen LogP contribution in [0.15, 0.2) is 12.1 Å². The topological polar surface area (TPSA) is 40.5 Å². The predicted octanol–water partition coefficient (Wildman–Crippen LogP) is 3.10. The lowest BCUT2D eigenvalue weighted by molar-refractivity contribution is -0.196. The lowest BCUT2D eigenvalue weighted by Gasteiger charge is -2.22. The van der Waals surface area contributed by atoms with Crippen molar-refractivity contribution in [2.45, 2.75) is 12.7 Å². The second-order valence-corrected chi connectivity index (χ2v) is 5.63. The highest BCUT2D eigenvalue weighted by Crippen LogP contribution is 2.28. The number of carboxylic acid groups (broad SMARTS) is 1. The van der Waals surface area contributed by atoms with Gasteiger partial charge in [-0.25, -0.2) is 0 Å². The lowest BCUT2D eigenvalue weighted by Crippen LogP contribution is -2.39. The zero-order valence-electron chi connectivity index (χ0n) is 9.37. The van der Waals surface area contributed by atoms with Crippen LogP contribution < -0.4 is 0 Å². The molecule has 18 heavy (non-hydrogen) atoms. The zero-order chi connectivity index (χ0) is 13.9. The summed E-state index contributed by atoms with van der Waals surface area (Å²) in [6.45, 7) is -0.356. The van der Waals surface area contributed by atoms with Crippen LogP contribution in [0.4, 0.5) is 13.2 Å². The van der Waals surface area contributed by atoms with E-state index in [4.69, 9.17) is 16.7 Å². The summed E-state index contributed by atoms with van der Waals surface area (Å²) in [5.74, 6) is -4.24. The summed E-state index contributed by atoms with van der Waals surface area (Å²) in [7, 11) is 1.44. The summed E-state index contributed by atoms with van der Waals surface area (Å²) in [5, 5.41) is 8.56. The second-order valence-electron chi connectivity index (χ2n) is 3.84. The fraction of sp³-hybridized carbons (Fsp3) is 0.500. The van der Waals surface area contributed by atoms with Crippen LogP contribution in [-0.2, 0) is 11.3 Å². The van der Waals surface area contributed by atoms with Crippen molar-refractivity contribution in [3.63, 3.8) is 0 Å². The quantitative estimate of drug-likeness (QED) is 0.908. The molecule has 0 bridgehead atoms. The fourth-order valence-electron chi connectivity index (χ4n) is 1.40. The molecule has 0 aliphatic rings. The number of nitrogens with zero attached hydrogens (tertiary/aromatic N) is 1. The average Bonchev–Trinajstić information content (AvgIpc) is 2.58. The van der Waals surface area contributed by atoms with Gasteiger partial charge in [0.15, 0.2) is 5.92 Å². The van der Waals surface area contributed by atoms with Gasteiger partial charge < -0.3 is 10.0 Å². The molecule has 0 aliphatic heterocycles. The van der Waals surface area contributed by atoms with Crippen LogP contribution in [0.3, 0.4) is 0 Å². The van der Waals surface area contributed by atoms with Gasteiger partial charge in [-0.2, -0.15) is 13.2 Å². The summed E-state index contributed by atoms with van der Waals surface area (Å²) in [4.78, 5) is 12.7. The van der Waals surface area contributed by atoms with Gasteiger partial charge in [-0.1, -0.05) is 11.6 Å². The van der Waals surface area contributed by atoms with Crippen LogP contribution in [0, 0.1) is 5.92 Å². The van der Waals surface area contributed by atoms with Gasteiger partial charge in [0, 0.05) is 18.0 Å². The Morgan fingerprint density at radius 2 is 2.17 bits per heavy atom. The van der Waals surface area contributed by atoms with Crippen molar-refractivity contribution in [1.82, 2.24) is 4.90 Å². The Kier molecular flexibility index (Phi) is 5.01. The third-order valence-electron chi connectivity index (χ3n) is 2.24. The predicted molar refractivity (Wildman–Crippen MR) is 62.8 cm³/mol. The highest BCUT2D eigenvalue weighted by molar-refractivity contribution is 7.16. The summed E-state index contributed by atoms with van der Waals surface area (Å²) >= 11 is 6.95. The minimum atomic E-state index is -4.74. The standard InChI is InChI=1S/C10H11ClF3NO2S/c1-15(4-6-2-3-8(11)18-6)5-7(9(16)17)10(12,13)14/h2-3,7H,4-5H2,1H3,(H,16,17). The van der Waals surface area contributed by atoms with Crippen molar-refractivity contribution in [3.8, 4) is 0 Å². The molecule has 0 amide bonds. The van der Waals surface area contributed by atoms with E-state index in [1.807, 2.05) is 0 Å². The van der Waals surface area contributed by atoms with E-state index in [9.17, 15) is 18.0 Å². The Bertz CT molecular complexity index is 422. The van der Waals surface area contributed by atoms with Crippen LogP contribution in [-0.4, -0.2) is 35.7 Å². The first-order chi connectivity index (χ1) is 8.20. The van der Waals surface area contributed by atoms with Crippen LogP contribution >= 0.6 is 22.9 Å². The number of hydrogen-bond acceptors (Lipinski definition) is 3. The molecule has 0 aromatic carbocycles. The molecule has 102 valence electrons. The minimum Gasteiger partial charge on any atom is -0.481 e. The van der Waals surface area contributed by atoms with Gasteiger partial charge in [0.1, 0.15) is 0 Å². The molecule has 1 heterocycles. The fourth-order valence-corrected chi connectivity index (χ4v) is 2.57. The third kappa shape index (κ3) is 4.47. The molecular weight excluding hydrogens is 291 g/mol. The highest BCUT2D eigenvalue weighted by Gasteiger charge is 2.45. The number of alkyl halides is 3. The molecule has 0 fully saturated rings. The van der Waals surface area contributed by atoms with Gasteiger partial charge >= 0.3 is 12.1 Å². The maximum atomic E-state index is 12.4. The summed E-state index contributed by atoms with van der Waals surface area (Å²) in [6.07, 6.45) is -4.74. The second kappa shape index (κ2) is 5.90. The van der Waals surface area contributed by atoms with Crippen molar-refractivity contribution >= 4 is 28.9 Å². The van der Waals surface area contributed by atoms with Gasteiger partial charge in [-0.15, -0.1) is 11.3 Å². The molecule has 0 radical (unpaired) electrons. The summed E-state index contributed by atoms with van der Waals surface area (Å²) < 4.78 is 37.9. The highest BCUT2D eigenvalue weighted by atomic mass is 35.5. The van der Waals surface area contributed by atoms with Gasteiger partial charge in [-0.3, -0.25) is 4.79 Å². The van der Waals surface area contributed by atoms with E-state index in [-0.39, 0.29) is 6.54 Å². The number of rotatable bonds is 5. The molecule has 1 aromatic heterocycles. The lowest BCUT2D eigenvalue weighted by atomic mass is 10.1. The average molecular weight is 302 g/mol. The van der Waals surface area contributed by atoms with E-state index < -0.39 is 24.6 Å². The van der Waals surface area contributed by atoms with Crippen molar-refractivity contribution < 1.29 is 23.1 Å². The van der Waals surface area contributed by atoms with Gasteiger partial charge in [0.25, 0.3) is 0 Å². The molecule has 0 saturated carbocycles. The number of thiophene rings is 1. The SMILES string of the molecule is CN(Cc1ccc(Cl)s1)CC(C(=O)O)C(F)(F)F. The van der Waals surface area contributed by atoms with E-state index in [1.165, 1.54) is 23.3 Å². The van der Waals surface area contributed by atoms with Crippen LogP contribution in [0.25, 0.3) is 0 Å². The Labute approximate surface area is 111 Å². The molecule has 8 heteroatoms. The molecule has 1 N–H and O–H groups in total. The van der Waals surface area contributed by atoms with Gasteiger partial charge in [0.2, 0.25) is 0 Å². The Balaban J connectivity index is 2.62. The molecule has 1 aromatic rings. The van der Waals surface area contributed by atoms with Crippen LogP contribution in [0.2, 0.25) is 4.34 Å². The van der Waals surface area contributed by atoms with Crippen molar-refractivity contribution in [3.05, 3.63) is 21.3 Å². The van der Waals surface area contributed by atoms with E-state index in [0.29, 0.717) is 4.34 Å². The first-order valence-corrected chi connectivity index (χ1v) is 6.12. The first-order valence-electron chi connectivity index (χ1n) is 4.92. The smallest absolute Gasteiger partial charge is 0.403 e. The Hall–Kier alpha value is -0.790. The van der Waals surface area contributed by atoms with Crippen LogP contribution in [0.1, 0.15) is 4.88 Å². The number of halogens is 4.